The van der Waals surface area contributed by atoms with Crippen LogP contribution >= 0.6 is 0 Å². The molecule has 19 heavy (non-hydrogen) atoms. The molecule has 2 heteroatoms. The summed E-state index contributed by atoms with van der Waals surface area (Å²) in [5.41, 5.74) is 3.29. The Hall–Kier alpha value is -2.09. The van der Waals surface area contributed by atoms with Gasteiger partial charge in [0.2, 0.25) is 0 Å². The predicted octanol–water partition coefficient (Wildman–Crippen LogP) is 3.80. The fourth-order valence-electron chi connectivity index (χ4n) is 2.30. The van der Waals surface area contributed by atoms with Crippen molar-refractivity contribution < 1.29 is 9.90 Å². The summed E-state index contributed by atoms with van der Waals surface area (Å²) in [7, 11) is 0. The molecule has 0 saturated heterocycles. The summed E-state index contributed by atoms with van der Waals surface area (Å²) in [4.78, 5) is 11.4. The van der Waals surface area contributed by atoms with Crippen molar-refractivity contribution in [2.24, 2.45) is 0 Å². The summed E-state index contributed by atoms with van der Waals surface area (Å²) in [5, 5.41) is 9.36. The molecule has 98 valence electrons. The Balaban J connectivity index is 2.08. The van der Waals surface area contributed by atoms with Gasteiger partial charge in [-0.2, -0.15) is 0 Å². The lowest BCUT2D eigenvalue weighted by atomic mass is 9.92. The standard InChI is InChI=1S/C17H18O2/c1-13-6-5-7-14(12-13)10-11-16(17(18)19)15-8-3-2-4-9-15/h2-9,12,16H,10-11H2,1H3,(H,18,19)/t16-/m1/s1. The van der Waals surface area contributed by atoms with Crippen molar-refractivity contribution in [2.45, 2.75) is 25.7 Å². The highest BCUT2D eigenvalue weighted by Gasteiger charge is 2.19. The zero-order chi connectivity index (χ0) is 13.7. The summed E-state index contributed by atoms with van der Waals surface area (Å²) in [6.45, 7) is 2.05. The van der Waals surface area contributed by atoms with E-state index < -0.39 is 11.9 Å². The normalized spacial score (nSPS) is 12.1. The van der Waals surface area contributed by atoms with Crippen LogP contribution in [0.3, 0.4) is 0 Å². The lowest BCUT2D eigenvalue weighted by Gasteiger charge is -2.12. The molecule has 1 atom stereocenters. The average molecular weight is 254 g/mol. The van der Waals surface area contributed by atoms with Gasteiger partial charge in [0.25, 0.3) is 0 Å². The minimum Gasteiger partial charge on any atom is -0.481 e. The number of hydrogen-bond acceptors (Lipinski definition) is 1. The van der Waals surface area contributed by atoms with Gasteiger partial charge in [-0.1, -0.05) is 60.2 Å². The van der Waals surface area contributed by atoms with Gasteiger partial charge in [0.1, 0.15) is 0 Å². The first kappa shape index (κ1) is 13.3. The van der Waals surface area contributed by atoms with E-state index in [4.69, 9.17) is 0 Å². The second-order valence-electron chi connectivity index (χ2n) is 4.83. The minimum atomic E-state index is -0.751. The van der Waals surface area contributed by atoms with E-state index in [-0.39, 0.29) is 0 Å². The summed E-state index contributed by atoms with van der Waals surface area (Å²) < 4.78 is 0. The van der Waals surface area contributed by atoms with Crippen molar-refractivity contribution in [3.63, 3.8) is 0 Å². The Morgan fingerprint density at radius 2 is 1.84 bits per heavy atom. The van der Waals surface area contributed by atoms with E-state index >= 15 is 0 Å². The number of aliphatic carboxylic acids is 1. The van der Waals surface area contributed by atoms with E-state index in [2.05, 4.69) is 25.1 Å². The summed E-state index contributed by atoms with van der Waals surface area (Å²) >= 11 is 0. The molecule has 0 amide bonds. The quantitative estimate of drug-likeness (QED) is 0.881. The van der Waals surface area contributed by atoms with E-state index in [1.807, 2.05) is 36.4 Å². The van der Waals surface area contributed by atoms with Gasteiger partial charge in [0.15, 0.2) is 0 Å². The summed E-state index contributed by atoms with van der Waals surface area (Å²) in [6, 6.07) is 17.7. The van der Waals surface area contributed by atoms with Gasteiger partial charge >= 0.3 is 5.97 Å². The molecular formula is C17H18O2. The summed E-state index contributed by atoms with van der Waals surface area (Å²) in [6.07, 6.45) is 1.41. The Morgan fingerprint density at radius 3 is 2.47 bits per heavy atom. The first-order chi connectivity index (χ1) is 9.16. The highest BCUT2D eigenvalue weighted by atomic mass is 16.4. The number of rotatable bonds is 5. The van der Waals surface area contributed by atoms with Crippen LogP contribution in [-0.2, 0) is 11.2 Å². The number of aryl methyl sites for hydroxylation is 2. The first-order valence-corrected chi connectivity index (χ1v) is 6.50. The van der Waals surface area contributed by atoms with Gasteiger partial charge < -0.3 is 5.11 Å². The Morgan fingerprint density at radius 1 is 1.11 bits per heavy atom. The van der Waals surface area contributed by atoms with Crippen molar-refractivity contribution in [3.05, 3.63) is 71.3 Å². The minimum absolute atomic E-state index is 0.429. The number of carbonyl (C=O) groups is 1. The van der Waals surface area contributed by atoms with E-state index in [1.54, 1.807) is 0 Å². The molecule has 0 bridgehead atoms. The Kier molecular flexibility index (Phi) is 4.35. The van der Waals surface area contributed by atoms with Crippen molar-refractivity contribution in [1.82, 2.24) is 0 Å². The highest BCUT2D eigenvalue weighted by molar-refractivity contribution is 5.76. The van der Waals surface area contributed by atoms with Gasteiger partial charge in [-0.05, 0) is 30.9 Å². The smallest absolute Gasteiger partial charge is 0.310 e. The average Bonchev–Trinajstić information content (AvgIpc) is 2.40. The van der Waals surface area contributed by atoms with Gasteiger partial charge in [0.05, 0.1) is 5.92 Å². The molecule has 1 N–H and O–H groups in total. The molecular weight excluding hydrogens is 236 g/mol. The zero-order valence-electron chi connectivity index (χ0n) is 11.0. The van der Waals surface area contributed by atoms with Crippen LogP contribution < -0.4 is 0 Å². The maximum absolute atomic E-state index is 11.4. The second kappa shape index (κ2) is 6.19. The van der Waals surface area contributed by atoms with Gasteiger partial charge in [-0.15, -0.1) is 0 Å². The molecule has 2 aromatic carbocycles. The van der Waals surface area contributed by atoms with Crippen molar-refractivity contribution in [3.8, 4) is 0 Å². The molecule has 0 aliphatic heterocycles. The van der Waals surface area contributed by atoms with E-state index in [0.29, 0.717) is 6.42 Å². The largest absolute Gasteiger partial charge is 0.481 e. The fraction of sp³-hybridized carbons (Fsp3) is 0.235. The van der Waals surface area contributed by atoms with Crippen LogP contribution in [0.2, 0.25) is 0 Å². The summed E-state index contributed by atoms with van der Waals surface area (Å²) in [5.74, 6) is -1.18. The molecule has 0 aliphatic rings. The molecule has 0 radical (unpaired) electrons. The van der Waals surface area contributed by atoms with E-state index in [1.165, 1.54) is 11.1 Å². The third-order valence-electron chi connectivity index (χ3n) is 3.30. The highest BCUT2D eigenvalue weighted by Crippen LogP contribution is 2.22. The van der Waals surface area contributed by atoms with Crippen molar-refractivity contribution in [1.29, 1.82) is 0 Å². The molecule has 0 heterocycles. The number of carboxylic acid groups (broad SMARTS) is 1. The molecule has 0 aliphatic carbocycles. The van der Waals surface area contributed by atoms with Crippen LogP contribution in [0.15, 0.2) is 54.6 Å². The van der Waals surface area contributed by atoms with Gasteiger partial charge in [0, 0.05) is 0 Å². The third kappa shape index (κ3) is 3.68. The van der Waals surface area contributed by atoms with E-state index in [9.17, 15) is 9.90 Å². The number of benzene rings is 2. The topological polar surface area (TPSA) is 37.3 Å². The Labute approximate surface area is 113 Å². The van der Waals surface area contributed by atoms with E-state index in [0.717, 1.165) is 12.0 Å². The van der Waals surface area contributed by atoms with Crippen molar-refractivity contribution >= 4 is 5.97 Å². The van der Waals surface area contributed by atoms with Crippen LogP contribution in [0.25, 0.3) is 0 Å². The van der Waals surface area contributed by atoms with Gasteiger partial charge in [-0.3, -0.25) is 4.79 Å². The maximum atomic E-state index is 11.4. The lowest BCUT2D eigenvalue weighted by Crippen LogP contribution is -2.12. The molecule has 0 unspecified atom stereocenters. The first-order valence-electron chi connectivity index (χ1n) is 6.50. The molecule has 0 spiro atoms. The van der Waals surface area contributed by atoms with Crippen LogP contribution in [0.4, 0.5) is 0 Å². The Bertz CT molecular complexity index is 546. The van der Waals surface area contributed by atoms with Crippen LogP contribution in [-0.4, -0.2) is 11.1 Å². The lowest BCUT2D eigenvalue weighted by molar-refractivity contribution is -0.138. The molecule has 0 saturated carbocycles. The molecule has 2 nitrogen and oxygen atoms in total. The zero-order valence-corrected chi connectivity index (χ0v) is 11.0. The van der Waals surface area contributed by atoms with Crippen LogP contribution in [0, 0.1) is 6.92 Å². The number of carboxylic acids is 1. The van der Waals surface area contributed by atoms with Crippen LogP contribution in [0.1, 0.15) is 29.0 Å². The molecule has 2 rings (SSSR count). The van der Waals surface area contributed by atoms with Crippen LogP contribution in [0.5, 0.6) is 0 Å². The monoisotopic (exact) mass is 254 g/mol. The SMILES string of the molecule is Cc1cccc(CC[C@@H](C(=O)O)c2ccccc2)c1. The third-order valence-corrected chi connectivity index (χ3v) is 3.30. The predicted molar refractivity (Wildman–Crippen MR) is 76.3 cm³/mol. The van der Waals surface area contributed by atoms with Gasteiger partial charge in [-0.25, -0.2) is 0 Å². The number of hydrogen-bond donors (Lipinski definition) is 1. The molecule has 0 aromatic heterocycles. The fourth-order valence-corrected chi connectivity index (χ4v) is 2.30. The second-order valence-corrected chi connectivity index (χ2v) is 4.83. The van der Waals surface area contributed by atoms with Crippen molar-refractivity contribution in [2.75, 3.05) is 0 Å². The molecule has 2 aromatic rings. The molecule has 0 fully saturated rings. The maximum Gasteiger partial charge on any atom is 0.310 e.